The molecule has 1 nitrogen and oxygen atoms in total. The smallest absolute Gasteiger partial charge is 0.0115 e. The van der Waals surface area contributed by atoms with E-state index in [0.717, 1.165) is 0 Å². The third-order valence-corrected chi connectivity index (χ3v) is 2.87. The number of rotatable bonds is 2. The first-order chi connectivity index (χ1) is 6.18. The molecule has 0 amide bonds. The van der Waals surface area contributed by atoms with E-state index in [1.165, 1.54) is 17.5 Å². The van der Waals surface area contributed by atoms with Crippen molar-refractivity contribution in [2.75, 3.05) is 0 Å². The van der Waals surface area contributed by atoms with Gasteiger partial charge in [-0.05, 0) is 23.5 Å². The van der Waals surface area contributed by atoms with Gasteiger partial charge in [0.15, 0.2) is 0 Å². The number of nitrogens with two attached hydrogens (primary N) is 1. The largest absolute Gasteiger partial charge is 0.327 e. The summed E-state index contributed by atoms with van der Waals surface area (Å²) in [6.45, 7) is 4.44. The molecule has 0 radical (unpaired) electrons. The van der Waals surface area contributed by atoms with Gasteiger partial charge in [-0.25, -0.2) is 0 Å². The topological polar surface area (TPSA) is 26.0 Å². The van der Waals surface area contributed by atoms with Gasteiger partial charge in [-0.2, -0.15) is 0 Å². The third kappa shape index (κ3) is 1.75. The molecule has 1 fully saturated rings. The first-order valence-corrected chi connectivity index (χ1v) is 5.04. The van der Waals surface area contributed by atoms with Crippen molar-refractivity contribution in [3.05, 3.63) is 35.4 Å². The van der Waals surface area contributed by atoms with E-state index in [0.29, 0.717) is 17.9 Å². The van der Waals surface area contributed by atoms with Crippen LogP contribution in [0.1, 0.15) is 43.2 Å². The minimum atomic E-state index is 0.421. The van der Waals surface area contributed by atoms with Gasteiger partial charge < -0.3 is 5.73 Å². The maximum atomic E-state index is 5.80. The quantitative estimate of drug-likeness (QED) is 0.734. The fourth-order valence-corrected chi connectivity index (χ4v) is 1.73. The second kappa shape index (κ2) is 3.15. The summed E-state index contributed by atoms with van der Waals surface area (Å²) in [6.07, 6.45) is 1.17. The first-order valence-electron chi connectivity index (χ1n) is 5.04. The maximum absolute atomic E-state index is 5.80. The highest BCUT2D eigenvalue weighted by atomic mass is 14.7. The molecule has 1 aliphatic rings. The summed E-state index contributed by atoms with van der Waals surface area (Å²) >= 11 is 0. The molecule has 2 atom stereocenters. The zero-order chi connectivity index (χ0) is 9.42. The lowest BCUT2D eigenvalue weighted by Gasteiger charge is -2.05. The van der Waals surface area contributed by atoms with Crippen LogP contribution in [0.4, 0.5) is 0 Å². The van der Waals surface area contributed by atoms with Crippen LogP contribution in [0.15, 0.2) is 24.3 Å². The van der Waals surface area contributed by atoms with Crippen molar-refractivity contribution in [2.45, 2.75) is 38.1 Å². The Morgan fingerprint density at radius 1 is 1.23 bits per heavy atom. The van der Waals surface area contributed by atoms with Crippen molar-refractivity contribution in [1.29, 1.82) is 0 Å². The van der Waals surface area contributed by atoms with E-state index in [1.807, 2.05) is 0 Å². The van der Waals surface area contributed by atoms with Crippen molar-refractivity contribution in [3.8, 4) is 0 Å². The highest BCUT2D eigenvalue weighted by molar-refractivity contribution is 5.31. The van der Waals surface area contributed by atoms with Gasteiger partial charge in [0.25, 0.3) is 0 Å². The van der Waals surface area contributed by atoms with Crippen molar-refractivity contribution in [1.82, 2.24) is 0 Å². The van der Waals surface area contributed by atoms with Crippen LogP contribution in [0.2, 0.25) is 0 Å². The van der Waals surface area contributed by atoms with E-state index in [1.54, 1.807) is 0 Å². The molecule has 2 N–H and O–H groups in total. The van der Waals surface area contributed by atoms with E-state index < -0.39 is 0 Å². The predicted octanol–water partition coefficient (Wildman–Crippen LogP) is 2.62. The van der Waals surface area contributed by atoms with Crippen molar-refractivity contribution in [3.63, 3.8) is 0 Å². The van der Waals surface area contributed by atoms with Crippen LogP contribution in [0.5, 0.6) is 0 Å². The molecular weight excluding hydrogens is 158 g/mol. The molecule has 0 aliphatic heterocycles. The molecule has 0 bridgehead atoms. The zero-order valence-electron chi connectivity index (χ0n) is 8.33. The Kier molecular flexibility index (Phi) is 2.12. The molecule has 0 aromatic heterocycles. The summed E-state index contributed by atoms with van der Waals surface area (Å²) in [4.78, 5) is 0. The Bertz CT molecular complexity index is 286. The predicted molar refractivity (Wildman–Crippen MR) is 55.9 cm³/mol. The third-order valence-electron chi connectivity index (χ3n) is 2.87. The van der Waals surface area contributed by atoms with Crippen LogP contribution in [0, 0.1) is 0 Å². The fourth-order valence-electron chi connectivity index (χ4n) is 1.73. The van der Waals surface area contributed by atoms with Gasteiger partial charge in [-0.1, -0.05) is 38.1 Å². The molecule has 1 aromatic carbocycles. The second-order valence-electron chi connectivity index (χ2n) is 4.33. The van der Waals surface area contributed by atoms with Crippen LogP contribution in [0.25, 0.3) is 0 Å². The Balaban J connectivity index is 2.14. The standard InChI is InChI=1S/C12H17N/c1-8(2)9-3-5-10(6-4-9)11-7-12(11)13/h3-6,8,11-12H,7,13H2,1-2H3/t11-,12-/m0/s1. The molecule has 70 valence electrons. The lowest BCUT2D eigenvalue weighted by Crippen LogP contribution is -2.00. The number of hydrogen-bond acceptors (Lipinski definition) is 1. The van der Waals surface area contributed by atoms with Crippen LogP contribution in [0.3, 0.4) is 0 Å². The van der Waals surface area contributed by atoms with E-state index in [4.69, 9.17) is 5.73 Å². The Labute approximate surface area is 80.0 Å². The molecule has 1 saturated carbocycles. The lowest BCUT2D eigenvalue weighted by molar-refractivity contribution is 0.864. The van der Waals surface area contributed by atoms with Gasteiger partial charge in [0.05, 0.1) is 0 Å². The molecule has 0 unspecified atom stereocenters. The van der Waals surface area contributed by atoms with E-state index in [2.05, 4.69) is 38.1 Å². The van der Waals surface area contributed by atoms with Gasteiger partial charge >= 0.3 is 0 Å². The number of hydrogen-bond donors (Lipinski definition) is 1. The van der Waals surface area contributed by atoms with Crippen LogP contribution >= 0.6 is 0 Å². The van der Waals surface area contributed by atoms with E-state index >= 15 is 0 Å². The Hall–Kier alpha value is -0.820. The molecule has 13 heavy (non-hydrogen) atoms. The normalized spacial score (nSPS) is 26.5. The first kappa shape index (κ1) is 8.76. The van der Waals surface area contributed by atoms with Gasteiger partial charge in [0, 0.05) is 12.0 Å². The lowest BCUT2D eigenvalue weighted by atomic mass is 10.0. The minimum Gasteiger partial charge on any atom is -0.327 e. The monoisotopic (exact) mass is 175 g/mol. The highest BCUT2D eigenvalue weighted by Gasteiger charge is 2.34. The summed E-state index contributed by atoms with van der Waals surface area (Å²) in [7, 11) is 0. The van der Waals surface area contributed by atoms with Gasteiger partial charge in [0.1, 0.15) is 0 Å². The average Bonchev–Trinajstić information content (AvgIpc) is 2.83. The summed E-state index contributed by atoms with van der Waals surface area (Å²) in [6, 6.07) is 9.33. The van der Waals surface area contributed by atoms with Crippen LogP contribution < -0.4 is 5.73 Å². The summed E-state index contributed by atoms with van der Waals surface area (Å²) in [5, 5.41) is 0. The van der Waals surface area contributed by atoms with Crippen LogP contribution in [-0.4, -0.2) is 6.04 Å². The summed E-state index contributed by atoms with van der Waals surface area (Å²) in [5.41, 5.74) is 8.62. The van der Waals surface area contributed by atoms with Gasteiger partial charge in [-0.3, -0.25) is 0 Å². The SMILES string of the molecule is CC(C)c1ccc([C@@H]2C[C@@H]2N)cc1. The number of benzene rings is 1. The molecule has 0 heterocycles. The molecule has 2 rings (SSSR count). The maximum Gasteiger partial charge on any atom is 0.0115 e. The van der Waals surface area contributed by atoms with Crippen molar-refractivity contribution >= 4 is 0 Å². The molecule has 0 spiro atoms. The molecule has 1 aliphatic carbocycles. The molecule has 0 saturated heterocycles. The second-order valence-corrected chi connectivity index (χ2v) is 4.33. The zero-order valence-corrected chi connectivity index (χ0v) is 8.33. The molecule has 1 heteroatoms. The fraction of sp³-hybridized carbons (Fsp3) is 0.500. The highest BCUT2D eigenvalue weighted by Crippen LogP contribution is 2.39. The minimum absolute atomic E-state index is 0.421. The van der Waals surface area contributed by atoms with Gasteiger partial charge in [0.2, 0.25) is 0 Å². The summed E-state index contributed by atoms with van der Waals surface area (Å²) < 4.78 is 0. The van der Waals surface area contributed by atoms with Crippen molar-refractivity contribution in [2.24, 2.45) is 5.73 Å². The average molecular weight is 175 g/mol. The molecular formula is C12H17N. The van der Waals surface area contributed by atoms with Crippen molar-refractivity contribution < 1.29 is 0 Å². The van der Waals surface area contributed by atoms with Gasteiger partial charge in [-0.15, -0.1) is 0 Å². The van der Waals surface area contributed by atoms with Crippen LogP contribution in [-0.2, 0) is 0 Å². The summed E-state index contributed by atoms with van der Waals surface area (Å²) in [5.74, 6) is 1.27. The molecule has 1 aromatic rings. The van der Waals surface area contributed by atoms with E-state index in [-0.39, 0.29) is 0 Å². The Morgan fingerprint density at radius 3 is 2.15 bits per heavy atom. The Morgan fingerprint density at radius 2 is 1.77 bits per heavy atom. The van der Waals surface area contributed by atoms with E-state index in [9.17, 15) is 0 Å².